The van der Waals surface area contributed by atoms with E-state index in [-0.39, 0.29) is 12.2 Å². The number of thiazole rings is 1. The summed E-state index contributed by atoms with van der Waals surface area (Å²) in [5.41, 5.74) is 2.38. The van der Waals surface area contributed by atoms with Gasteiger partial charge in [-0.15, -0.1) is 0 Å². The van der Waals surface area contributed by atoms with Gasteiger partial charge in [0.25, 0.3) is 5.56 Å². The van der Waals surface area contributed by atoms with Crippen molar-refractivity contribution in [2.75, 3.05) is 20.3 Å². The van der Waals surface area contributed by atoms with E-state index < -0.39 is 18.0 Å². The summed E-state index contributed by atoms with van der Waals surface area (Å²) < 4.78 is 23.5. The molecule has 9 nitrogen and oxygen atoms in total. The number of esters is 2. The Bertz CT molecular complexity index is 1850. The second-order valence-corrected chi connectivity index (χ2v) is 10.5. The Morgan fingerprint density at radius 1 is 0.884 bits per heavy atom. The molecule has 0 spiro atoms. The standard InChI is InChI=1S/C33H30N2O7S/c1-5-40-25-17-9-22(10-18-25)29-28(32(38)41-6-2)20(3)34-33-35(29)30(36)27(43-33)19-21-7-13-26(14-8-21)42-31(37)23-11-15-24(39-4)16-12-23/h7-19,29H,5-6H2,1-4H3/b27-19-/t29-/m0/s1. The van der Waals surface area contributed by atoms with E-state index in [2.05, 4.69) is 4.99 Å². The van der Waals surface area contributed by atoms with Gasteiger partial charge in [-0.3, -0.25) is 9.36 Å². The Hall–Kier alpha value is -4.96. The minimum Gasteiger partial charge on any atom is -0.497 e. The number of carbonyl (C=O) groups excluding carboxylic acids is 2. The highest BCUT2D eigenvalue weighted by atomic mass is 32.1. The van der Waals surface area contributed by atoms with E-state index in [9.17, 15) is 14.4 Å². The molecule has 1 aliphatic heterocycles. The first-order valence-electron chi connectivity index (χ1n) is 13.7. The molecular weight excluding hydrogens is 568 g/mol. The molecule has 0 saturated heterocycles. The number of fused-ring (bicyclic) bond motifs is 1. The molecule has 0 fully saturated rings. The van der Waals surface area contributed by atoms with Crippen molar-refractivity contribution in [1.82, 2.24) is 4.57 Å². The summed E-state index contributed by atoms with van der Waals surface area (Å²) in [5, 5.41) is 0. The van der Waals surface area contributed by atoms with Crippen molar-refractivity contribution in [1.29, 1.82) is 0 Å². The third kappa shape index (κ3) is 6.29. The summed E-state index contributed by atoms with van der Waals surface area (Å²) in [6, 6.07) is 20.1. The van der Waals surface area contributed by atoms with Crippen LogP contribution in [0.25, 0.3) is 6.08 Å². The molecule has 2 heterocycles. The fourth-order valence-electron chi connectivity index (χ4n) is 4.70. The molecule has 1 atom stereocenters. The lowest BCUT2D eigenvalue weighted by atomic mass is 9.96. The summed E-state index contributed by atoms with van der Waals surface area (Å²) in [7, 11) is 1.56. The first kappa shape index (κ1) is 29.5. The zero-order valence-corrected chi connectivity index (χ0v) is 25.0. The maximum Gasteiger partial charge on any atom is 0.343 e. The maximum absolute atomic E-state index is 13.8. The summed E-state index contributed by atoms with van der Waals surface area (Å²) in [6.07, 6.45) is 1.75. The molecule has 0 unspecified atom stereocenters. The lowest BCUT2D eigenvalue weighted by molar-refractivity contribution is -0.139. The van der Waals surface area contributed by atoms with Gasteiger partial charge in [0.15, 0.2) is 4.80 Å². The van der Waals surface area contributed by atoms with E-state index in [1.54, 1.807) is 75.6 Å². The number of aromatic nitrogens is 1. The number of hydrogen-bond donors (Lipinski definition) is 0. The zero-order valence-electron chi connectivity index (χ0n) is 24.2. The van der Waals surface area contributed by atoms with Crippen LogP contribution in [0.15, 0.2) is 93.9 Å². The summed E-state index contributed by atoms with van der Waals surface area (Å²) in [6.45, 7) is 6.10. The van der Waals surface area contributed by atoms with E-state index in [0.717, 1.165) is 11.1 Å². The first-order chi connectivity index (χ1) is 20.8. The number of nitrogens with zero attached hydrogens (tertiary/aromatic N) is 2. The SMILES string of the molecule is CCOC(=O)C1=C(C)N=c2s/c(=C\c3ccc(OC(=O)c4ccc(OC)cc4)cc3)c(=O)n2[C@H]1c1ccc(OCC)cc1. The number of hydrogen-bond acceptors (Lipinski definition) is 9. The molecule has 1 aromatic heterocycles. The first-order valence-corrected chi connectivity index (χ1v) is 14.5. The van der Waals surface area contributed by atoms with Crippen molar-refractivity contribution in [3.8, 4) is 17.2 Å². The van der Waals surface area contributed by atoms with Crippen molar-refractivity contribution < 1.29 is 28.5 Å². The van der Waals surface area contributed by atoms with Crippen molar-refractivity contribution in [3.05, 3.63) is 120 Å². The molecule has 3 aromatic carbocycles. The Morgan fingerprint density at radius 2 is 1.53 bits per heavy atom. The van der Waals surface area contributed by atoms with Gasteiger partial charge >= 0.3 is 11.9 Å². The Balaban J connectivity index is 1.47. The van der Waals surface area contributed by atoms with Crippen molar-refractivity contribution in [2.24, 2.45) is 4.99 Å². The van der Waals surface area contributed by atoms with Crippen LogP contribution in [0, 0.1) is 0 Å². The molecule has 220 valence electrons. The van der Waals surface area contributed by atoms with Crippen LogP contribution in [0.4, 0.5) is 0 Å². The fraction of sp³-hybridized carbons (Fsp3) is 0.212. The Morgan fingerprint density at radius 3 is 2.16 bits per heavy atom. The highest BCUT2D eigenvalue weighted by Crippen LogP contribution is 2.31. The third-order valence-corrected chi connectivity index (χ3v) is 7.72. The predicted molar refractivity (Wildman–Crippen MR) is 162 cm³/mol. The Labute approximate surface area is 252 Å². The summed E-state index contributed by atoms with van der Waals surface area (Å²) in [5.74, 6) is 0.687. The molecule has 5 rings (SSSR count). The fourth-order valence-corrected chi connectivity index (χ4v) is 5.74. The molecule has 0 aliphatic carbocycles. The van der Waals surface area contributed by atoms with Gasteiger partial charge < -0.3 is 18.9 Å². The summed E-state index contributed by atoms with van der Waals surface area (Å²) >= 11 is 1.23. The summed E-state index contributed by atoms with van der Waals surface area (Å²) in [4.78, 5) is 44.5. The minimum atomic E-state index is -0.715. The molecule has 0 bridgehead atoms. The molecule has 4 aromatic rings. The number of ether oxygens (including phenoxy) is 4. The van der Waals surface area contributed by atoms with Crippen LogP contribution in [0.1, 0.15) is 48.3 Å². The van der Waals surface area contributed by atoms with Crippen molar-refractivity contribution in [3.63, 3.8) is 0 Å². The van der Waals surface area contributed by atoms with Gasteiger partial charge in [-0.1, -0.05) is 35.6 Å². The van der Waals surface area contributed by atoms with Crippen LogP contribution in [-0.4, -0.2) is 36.8 Å². The largest absolute Gasteiger partial charge is 0.497 e. The molecule has 1 aliphatic rings. The van der Waals surface area contributed by atoms with E-state index >= 15 is 0 Å². The third-order valence-electron chi connectivity index (χ3n) is 6.74. The van der Waals surface area contributed by atoms with Gasteiger partial charge in [-0.2, -0.15) is 0 Å². The average molecular weight is 599 g/mol. The van der Waals surface area contributed by atoms with Crippen LogP contribution in [0.3, 0.4) is 0 Å². The van der Waals surface area contributed by atoms with Crippen LogP contribution < -0.4 is 29.1 Å². The quantitative estimate of drug-likeness (QED) is 0.207. The van der Waals surface area contributed by atoms with Crippen LogP contribution >= 0.6 is 11.3 Å². The molecule has 0 N–H and O–H groups in total. The number of rotatable bonds is 9. The number of benzene rings is 3. The van der Waals surface area contributed by atoms with Gasteiger partial charge in [0.05, 0.1) is 47.7 Å². The molecule has 0 amide bonds. The molecule has 10 heteroatoms. The van der Waals surface area contributed by atoms with Gasteiger partial charge in [0, 0.05) is 0 Å². The van der Waals surface area contributed by atoms with Crippen LogP contribution in [0.2, 0.25) is 0 Å². The van der Waals surface area contributed by atoms with Crippen molar-refractivity contribution in [2.45, 2.75) is 26.8 Å². The van der Waals surface area contributed by atoms with Crippen LogP contribution in [-0.2, 0) is 9.53 Å². The second-order valence-electron chi connectivity index (χ2n) is 9.49. The maximum atomic E-state index is 13.8. The van der Waals surface area contributed by atoms with Crippen LogP contribution in [0.5, 0.6) is 17.2 Å². The zero-order chi connectivity index (χ0) is 30.5. The smallest absolute Gasteiger partial charge is 0.343 e. The van der Waals surface area contributed by atoms with Gasteiger partial charge in [-0.25, -0.2) is 14.6 Å². The van der Waals surface area contributed by atoms with Gasteiger partial charge in [0.2, 0.25) is 0 Å². The van der Waals surface area contributed by atoms with E-state index in [0.29, 0.717) is 50.0 Å². The van der Waals surface area contributed by atoms with Crippen molar-refractivity contribution >= 4 is 29.4 Å². The second kappa shape index (κ2) is 12.9. The Kier molecular flexibility index (Phi) is 8.87. The van der Waals surface area contributed by atoms with E-state index in [1.165, 1.54) is 15.9 Å². The highest BCUT2D eigenvalue weighted by Gasteiger charge is 2.33. The molecule has 43 heavy (non-hydrogen) atoms. The number of methoxy groups -OCH3 is 1. The molecule has 0 radical (unpaired) electrons. The lowest BCUT2D eigenvalue weighted by Gasteiger charge is -2.24. The van der Waals surface area contributed by atoms with E-state index in [1.807, 2.05) is 31.2 Å². The number of allylic oxidation sites excluding steroid dienone is 1. The monoisotopic (exact) mass is 598 g/mol. The predicted octanol–water partition coefficient (Wildman–Crippen LogP) is 4.42. The highest BCUT2D eigenvalue weighted by molar-refractivity contribution is 7.07. The number of carbonyl (C=O) groups is 2. The van der Waals surface area contributed by atoms with Gasteiger partial charge in [0.1, 0.15) is 17.2 Å². The lowest BCUT2D eigenvalue weighted by Crippen LogP contribution is -2.39. The molecular formula is C33H30N2O7S. The minimum absolute atomic E-state index is 0.196. The van der Waals surface area contributed by atoms with E-state index in [4.69, 9.17) is 18.9 Å². The normalized spacial score (nSPS) is 14.5. The average Bonchev–Trinajstić information content (AvgIpc) is 3.31. The van der Waals surface area contributed by atoms with Gasteiger partial charge in [-0.05, 0) is 86.5 Å². The molecule has 0 saturated carbocycles. The topological polar surface area (TPSA) is 105 Å².